The van der Waals surface area contributed by atoms with E-state index in [4.69, 9.17) is 0 Å². The first-order valence-electron chi connectivity index (χ1n) is 5.06. The summed E-state index contributed by atoms with van der Waals surface area (Å²) in [6.45, 7) is 2.21. The van der Waals surface area contributed by atoms with Crippen LogP contribution in [0.1, 0.15) is 37.7 Å². The van der Waals surface area contributed by atoms with E-state index >= 15 is 0 Å². The summed E-state index contributed by atoms with van der Waals surface area (Å²) in [5.41, 5.74) is 1.19. The van der Waals surface area contributed by atoms with E-state index in [1.54, 1.807) is 6.07 Å². The Bertz CT molecular complexity index is 293. The number of halogens is 1. The van der Waals surface area contributed by atoms with Crippen molar-refractivity contribution in [2.24, 2.45) is 5.92 Å². The minimum Gasteiger partial charge on any atom is -0.207 e. The quantitative estimate of drug-likeness (QED) is 0.661. The zero-order valence-corrected chi connectivity index (χ0v) is 7.96. The van der Waals surface area contributed by atoms with Gasteiger partial charge in [-0.15, -0.1) is 0 Å². The van der Waals surface area contributed by atoms with Crippen molar-refractivity contribution < 1.29 is 4.39 Å². The zero-order chi connectivity index (χ0) is 9.26. The average Bonchev–Trinajstić information content (AvgIpc) is 2.85. The van der Waals surface area contributed by atoms with Crippen LogP contribution in [0.15, 0.2) is 24.3 Å². The molecule has 0 aromatic heterocycles. The van der Waals surface area contributed by atoms with Gasteiger partial charge in [0.25, 0.3) is 0 Å². The number of hydrogen-bond donors (Lipinski definition) is 0. The second-order valence-corrected chi connectivity index (χ2v) is 3.95. The van der Waals surface area contributed by atoms with Crippen molar-refractivity contribution >= 4 is 0 Å². The Balaban J connectivity index is 2.03. The molecule has 1 saturated carbocycles. The van der Waals surface area contributed by atoms with Crippen LogP contribution < -0.4 is 0 Å². The second kappa shape index (κ2) is 3.49. The molecule has 13 heavy (non-hydrogen) atoms. The molecule has 1 aliphatic rings. The molecule has 0 amide bonds. The van der Waals surface area contributed by atoms with Crippen molar-refractivity contribution in [1.82, 2.24) is 0 Å². The molecule has 1 fully saturated rings. The van der Waals surface area contributed by atoms with Gasteiger partial charge in [-0.1, -0.05) is 31.9 Å². The molecule has 1 aromatic rings. The molecular weight excluding hydrogens is 163 g/mol. The smallest absolute Gasteiger partial charge is 0.123 e. The van der Waals surface area contributed by atoms with Gasteiger partial charge in [0, 0.05) is 0 Å². The summed E-state index contributed by atoms with van der Waals surface area (Å²) in [7, 11) is 0. The van der Waals surface area contributed by atoms with Crippen LogP contribution in [0.5, 0.6) is 0 Å². The fourth-order valence-corrected chi connectivity index (χ4v) is 2.08. The Morgan fingerprint density at radius 2 is 2.31 bits per heavy atom. The molecule has 0 bridgehead atoms. The second-order valence-electron chi connectivity index (χ2n) is 3.95. The van der Waals surface area contributed by atoms with Crippen molar-refractivity contribution in [3.8, 4) is 0 Å². The molecule has 2 atom stereocenters. The zero-order valence-electron chi connectivity index (χ0n) is 7.96. The third-order valence-corrected chi connectivity index (χ3v) is 2.86. The molecule has 2 rings (SSSR count). The van der Waals surface area contributed by atoms with Gasteiger partial charge in [-0.05, 0) is 36.0 Å². The van der Waals surface area contributed by atoms with Gasteiger partial charge >= 0.3 is 0 Å². The average molecular weight is 178 g/mol. The number of benzene rings is 1. The van der Waals surface area contributed by atoms with E-state index in [2.05, 4.69) is 6.92 Å². The highest BCUT2D eigenvalue weighted by molar-refractivity contribution is 5.26. The highest BCUT2D eigenvalue weighted by atomic mass is 19.1. The highest BCUT2D eigenvalue weighted by Gasteiger charge is 2.37. The molecule has 2 unspecified atom stereocenters. The van der Waals surface area contributed by atoms with Gasteiger partial charge in [0.2, 0.25) is 0 Å². The summed E-state index contributed by atoms with van der Waals surface area (Å²) in [6, 6.07) is 7.05. The van der Waals surface area contributed by atoms with Crippen LogP contribution in [-0.4, -0.2) is 0 Å². The molecule has 70 valence electrons. The van der Waals surface area contributed by atoms with E-state index in [0.717, 1.165) is 5.92 Å². The summed E-state index contributed by atoms with van der Waals surface area (Å²) < 4.78 is 12.9. The van der Waals surface area contributed by atoms with E-state index in [-0.39, 0.29) is 5.82 Å². The summed E-state index contributed by atoms with van der Waals surface area (Å²) in [5, 5.41) is 0. The normalized spacial score (nSPS) is 26.0. The van der Waals surface area contributed by atoms with E-state index in [0.29, 0.717) is 5.92 Å². The van der Waals surface area contributed by atoms with Crippen LogP contribution in [-0.2, 0) is 0 Å². The van der Waals surface area contributed by atoms with Crippen LogP contribution in [0.25, 0.3) is 0 Å². The monoisotopic (exact) mass is 178 g/mol. The van der Waals surface area contributed by atoms with E-state index in [1.165, 1.54) is 30.9 Å². The van der Waals surface area contributed by atoms with Crippen LogP contribution >= 0.6 is 0 Å². The maximum absolute atomic E-state index is 12.9. The molecule has 0 heterocycles. The Morgan fingerprint density at radius 3 is 3.00 bits per heavy atom. The van der Waals surface area contributed by atoms with E-state index in [9.17, 15) is 4.39 Å². The highest BCUT2D eigenvalue weighted by Crippen LogP contribution is 2.49. The molecule has 1 aromatic carbocycles. The third-order valence-electron chi connectivity index (χ3n) is 2.86. The van der Waals surface area contributed by atoms with Crippen molar-refractivity contribution in [1.29, 1.82) is 0 Å². The molecule has 0 radical (unpaired) electrons. The lowest BCUT2D eigenvalue weighted by atomic mass is 10.1. The Labute approximate surface area is 78.8 Å². The SMILES string of the molecule is CCCC1CC1c1cccc(F)c1. The number of hydrogen-bond acceptors (Lipinski definition) is 0. The minimum absolute atomic E-state index is 0.0975. The summed E-state index contributed by atoms with van der Waals surface area (Å²) in [5.74, 6) is 1.38. The van der Waals surface area contributed by atoms with Gasteiger partial charge < -0.3 is 0 Å². The first-order valence-corrected chi connectivity index (χ1v) is 5.06. The van der Waals surface area contributed by atoms with Crippen molar-refractivity contribution in [2.75, 3.05) is 0 Å². The molecule has 0 spiro atoms. The lowest BCUT2D eigenvalue weighted by Gasteiger charge is -1.99. The van der Waals surface area contributed by atoms with Crippen LogP contribution in [0, 0.1) is 11.7 Å². The van der Waals surface area contributed by atoms with Gasteiger partial charge in [0.05, 0.1) is 0 Å². The van der Waals surface area contributed by atoms with Gasteiger partial charge in [0.15, 0.2) is 0 Å². The predicted molar refractivity (Wildman–Crippen MR) is 52.2 cm³/mol. The fourth-order valence-electron chi connectivity index (χ4n) is 2.08. The van der Waals surface area contributed by atoms with E-state index < -0.39 is 0 Å². The lowest BCUT2D eigenvalue weighted by molar-refractivity contribution is 0.623. The molecule has 1 heteroatoms. The van der Waals surface area contributed by atoms with Crippen molar-refractivity contribution in [3.63, 3.8) is 0 Å². The number of rotatable bonds is 3. The van der Waals surface area contributed by atoms with Gasteiger partial charge in [-0.3, -0.25) is 0 Å². The fraction of sp³-hybridized carbons (Fsp3) is 0.500. The summed E-state index contributed by atoms with van der Waals surface area (Å²) in [6.07, 6.45) is 3.80. The summed E-state index contributed by atoms with van der Waals surface area (Å²) >= 11 is 0. The maximum Gasteiger partial charge on any atom is 0.123 e. The van der Waals surface area contributed by atoms with Crippen LogP contribution in [0.2, 0.25) is 0 Å². The molecule has 1 aliphatic carbocycles. The largest absolute Gasteiger partial charge is 0.207 e. The predicted octanol–water partition coefficient (Wildman–Crippen LogP) is 3.73. The summed E-state index contributed by atoms with van der Waals surface area (Å²) in [4.78, 5) is 0. The topological polar surface area (TPSA) is 0 Å². The standard InChI is InChI=1S/C12H15F/c1-2-4-9-8-12(9)10-5-3-6-11(13)7-10/h3,5-7,9,12H,2,4,8H2,1H3. The molecule has 0 saturated heterocycles. The Morgan fingerprint density at radius 1 is 1.46 bits per heavy atom. The Hall–Kier alpha value is -0.850. The first-order chi connectivity index (χ1) is 6.31. The van der Waals surface area contributed by atoms with Crippen molar-refractivity contribution in [2.45, 2.75) is 32.1 Å². The van der Waals surface area contributed by atoms with Gasteiger partial charge in [0.1, 0.15) is 5.82 Å². The van der Waals surface area contributed by atoms with Crippen LogP contribution in [0.4, 0.5) is 4.39 Å². The minimum atomic E-state index is -0.0975. The third kappa shape index (κ3) is 1.90. The van der Waals surface area contributed by atoms with E-state index in [1.807, 2.05) is 12.1 Å². The molecule has 0 nitrogen and oxygen atoms in total. The van der Waals surface area contributed by atoms with Crippen molar-refractivity contribution in [3.05, 3.63) is 35.6 Å². The molecule has 0 aliphatic heterocycles. The first kappa shape index (κ1) is 8.74. The van der Waals surface area contributed by atoms with Crippen LogP contribution in [0.3, 0.4) is 0 Å². The van der Waals surface area contributed by atoms with Gasteiger partial charge in [-0.2, -0.15) is 0 Å². The maximum atomic E-state index is 12.9. The molecule has 0 N–H and O–H groups in total. The molecular formula is C12H15F. The van der Waals surface area contributed by atoms with Gasteiger partial charge in [-0.25, -0.2) is 4.39 Å². The Kier molecular flexibility index (Phi) is 2.34. The lowest BCUT2D eigenvalue weighted by Crippen LogP contribution is -1.84.